The van der Waals surface area contributed by atoms with Gasteiger partial charge in [0.05, 0.1) is 18.1 Å². The number of nitrogen functional groups attached to an aromatic ring is 1. The highest BCUT2D eigenvalue weighted by atomic mass is 16.2. The van der Waals surface area contributed by atoms with Crippen molar-refractivity contribution in [3.05, 3.63) is 35.5 Å². The number of nitrogens with zero attached hydrogens (tertiary/aromatic N) is 1. The van der Waals surface area contributed by atoms with Crippen LogP contribution in [0.3, 0.4) is 0 Å². The van der Waals surface area contributed by atoms with E-state index in [1.807, 2.05) is 18.2 Å². The molecule has 0 fully saturated rings. The molecular formula is C11H10N4O. The Morgan fingerprint density at radius 1 is 1.56 bits per heavy atom. The molecule has 0 bridgehead atoms. The number of nitrogens with one attached hydrogen (secondary N) is 2. The molecule has 0 aliphatic rings. The van der Waals surface area contributed by atoms with Gasteiger partial charge in [-0.05, 0) is 17.7 Å². The molecule has 2 aromatic rings. The van der Waals surface area contributed by atoms with Gasteiger partial charge in [-0.1, -0.05) is 6.07 Å². The van der Waals surface area contributed by atoms with Crippen LogP contribution in [0.25, 0.3) is 10.9 Å². The molecule has 2 rings (SSSR count). The molecule has 0 aliphatic heterocycles. The minimum absolute atomic E-state index is 0.324. The van der Waals surface area contributed by atoms with Crippen LogP contribution < -0.4 is 11.3 Å². The third-order valence-electron chi connectivity index (χ3n) is 2.41. The largest absolute Gasteiger partial charge is 0.360 e. The number of hydrazine groups is 1. The molecule has 0 unspecified atom stereocenters. The van der Waals surface area contributed by atoms with Crippen LogP contribution in [-0.2, 0) is 6.42 Å². The maximum Gasteiger partial charge on any atom is 0.267 e. The first-order chi connectivity index (χ1) is 7.76. The van der Waals surface area contributed by atoms with E-state index in [1.54, 1.807) is 6.20 Å². The van der Waals surface area contributed by atoms with E-state index in [0.717, 1.165) is 16.5 Å². The van der Waals surface area contributed by atoms with Crippen molar-refractivity contribution >= 4 is 16.8 Å². The zero-order valence-electron chi connectivity index (χ0n) is 8.45. The number of fused-ring (bicyclic) bond motifs is 1. The summed E-state index contributed by atoms with van der Waals surface area (Å²) in [4.78, 5) is 14.4. The quantitative estimate of drug-likeness (QED) is 0.392. The molecule has 1 aromatic carbocycles. The molecule has 0 spiro atoms. The fourth-order valence-electron chi connectivity index (χ4n) is 1.63. The van der Waals surface area contributed by atoms with E-state index in [9.17, 15) is 4.79 Å². The molecule has 5 nitrogen and oxygen atoms in total. The molecule has 0 aliphatic carbocycles. The first-order valence-corrected chi connectivity index (χ1v) is 4.74. The van der Waals surface area contributed by atoms with Crippen LogP contribution in [0, 0.1) is 11.3 Å². The monoisotopic (exact) mass is 214 g/mol. The van der Waals surface area contributed by atoms with Gasteiger partial charge in [-0.25, -0.2) is 5.84 Å². The van der Waals surface area contributed by atoms with Crippen LogP contribution >= 0.6 is 0 Å². The number of nitriles is 1. The Morgan fingerprint density at radius 2 is 2.38 bits per heavy atom. The second kappa shape index (κ2) is 4.04. The van der Waals surface area contributed by atoms with Gasteiger partial charge in [0.15, 0.2) is 0 Å². The van der Waals surface area contributed by atoms with Gasteiger partial charge >= 0.3 is 0 Å². The lowest BCUT2D eigenvalue weighted by Gasteiger charge is -1.99. The Balaban J connectivity index is 2.56. The fraction of sp³-hybridized carbons (Fsp3) is 0.0909. The lowest BCUT2D eigenvalue weighted by Crippen LogP contribution is -2.29. The van der Waals surface area contributed by atoms with Gasteiger partial charge in [0, 0.05) is 17.1 Å². The lowest BCUT2D eigenvalue weighted by molar-refractivity contribution is 0.0955. The summed E-state index contributed by atoms with van der Waals surface area (Å²) in [6.07, 6.45) is 1.92. The average molecular weight is 214 g/mol. The van der Waals surface area contributed by atoms with Gasteiger partial charge in [-0.15, -0.1) is 0 Å². The fourth-order valence-corrected chi connectivity index (χ4v) is 1.63. The van der Waals surface area contributed by atoms with E-state index < -0.39 is 0 Å². The highest BCUT2D eigenvalue weighted by Gasteiger charge is 2.10. The highest BCUT2D eigenvalue weighted by Crippen LogP contribution is 2.19. The summed E-state index contributed by atoms with van der Waals surface area (Å²) in [5.74, 6) is 4.74. The summed E-state index contributed by atoms with van der Waals surface area (Å²) in [7, 11) is 0. The van der Waals surface area contributed by atoms with Crippen LogP contribution in [0.15, 0.2) is 24.4 Å². The standard InChI is InChI=1S/C11H10N4O/c12-4-3-7-1-2-10-8(5-7)9(6-14-10)11(16)15-13/h1-2,5-6,14H,3,13H2,(H,15,16). The third kappa shape index (κ3) is 1.62. The molecule has 0 saturated carbocycles. The summed E-state index contributed by atoms with van der Waals surface area (Å²) in [6.45, 7) is 0. The van der Waals surface area contributed by atoms with E-state index >= 15 is 0 Å². The molecule has 80 valence electrons. The molecule has 1 heterocycles. The number of aromatic nitrogens is 1. The third-order valence-corrected chi connectivity index (χ3v) is 2.41. The Morgan fingerprint density at radius 3 is 3.06 bits per heavy atom. The van der Waals surface area contributed by atoms with E-state index in [1.165, 1.54) is 0 Å². The number of benzene rings is 1. The van der Waals surface area contributed by atoms with Crippen molar-refractivity contribution in [2.75, 3.05) is 0 Å². The summed E-state index contributed by atoms with van der Waals surface area (Å²) >= 11 is 0. The van der Waals surface area contributed by atoms with Crippen molar-refractivity contribution in [3.63, 3.8) is 0 Å². The molecule has 16 heavy (non-hydrogen) atoms. The van der Waals surface area contributed by atoms with Crippen LogP contribution in [0.2, 0.25) is 0 Å². The van der Waals surface area contributed by atoms with Gasteiger partial charge < -0.3 is 4.98 Å². The highest BCUT2D eigenvalue weighted by molar-refractivity contribution is 6.06. The van der Waals surface area contributed by atoms with E-state index in [0.29, 0.717) is 12.0 Å². The Kier molecular flexibility index (Phi) is 2.58. The first kappa shape index (κ1) is 10.2. The Labute approximate surface area is 91.8 Å². The maximum absolute atomic E-state index is 11.4. The van der Waals surface area contributed by atoms with Gasteiger partial charge in [0.2, 0.25) is 0 Å². The number of aromatic amines is 1. The number of H-pyrrole nitrogens is 1. The summed E-state index contributed by atoms with van der Waals surface area (Å²) in [5, 5.41) is 9.38. The summed E-state index contributed by atoms with van der Waals surface area (Å²) in [5.41, 5.74) is 4.29. The van der Waals surface area contributed by atoms with Crippen molar-refractivity contribution in [1.82, 2.24) is 10.4 Å². The molecular weight excluding hydrogens is 204 g/mol. The van der Waals surface area contributed by atoms with Crippen molar-refractivity contribution in [3.8, 4) is 6.07 Å². The van der Waals surface area contributed by atoms with Crippen LogP contribution in [0.1, 0.15) is 15.9 Å². The number of hydrogen-bond donors (Lipinski definition) is 3. The molecule has 4 N–H and O–H groups in total. The van der Waals surface area contributed by atoms with Crippen LogP contribution in [0.4, 0.5) is 0 Å². The Bertz CT molecular complexity index is 579. The minimum Gasteiger partial charge on any atom is -0.360 e. The second-order valence-electron chi connectivity index (χ2n) is 3.39. The maximum atomic E-state index is 11.4. The number of carbonyl (C=O) groups is 1. The van der Waals surface area contributed by atoms with Crippen LogP contribution in [-0.4, -0.2) is 10.9 Å². The topological polar surface area (TPSA) is 94.7 Å². The number of nitrogens with two attached hydrogens (primary N) is 1. The van der Waals surface area contributed by atoms with Gasteiger partial charge in [-0.3, -0.25) is 10.2 Å². The van der Waals surface area contributed by atoms with Gasteiger partial charge in [0.25, 0.3) is 5.91 Å². The van der Waals surface area contributed by atoms with Crippen LogP contribution in [0.5, 0.6) is 0 Å². The smallest absolute Gasteiger partial charge is 0.267 e. The number of carbonyl (C=O) groups excluding carboxylic acids is 1. The number of rotatable bonds is 2. The van der Waals surface area contributed by atoms with Crippen molar-refractivity contribution < 1.29 is 4.79 Å². The predicted molar refractivity (Wildman–Crippen MR) is 59.3 cm³/mol. The molecule has 0 atom stereocenters. The van der Waals surface area contributed by atoms with Crippen molar-refractivity contribution in [2.45, 2.75) is 6.42 Å². The molecule has 1 aromatic heterocycles. The van der Waals surface area contributed by atoms with E-state index in [2.05, 4.69) is 16.5 Å². The van der Waals surface area contributed by atoms with Gasteiger partial charge in [0.1, 0.15) is 0 Å². The Hall–Kier alpha value is -2.32. The molecule has 1 amide bonds. The number of hydrogen-bond acceptors (Lipinski definition) is 3. The average Bonchev–Trinajstić information content (AvgIpc) is 2.71. The van der Waals surface area contributed by atoms with Crippen molar-refractivity contribution in [1.29, 1.82) is 5.26 Å². The number of amides is 1. The van der Waals surface area contributed by atoms with E-state index in [4.69, 9.17) is 11.1 Å². The normalized spacial score (nSPS) is 10.0. The zero-order valence-corrected chi connectivity index (χ0v) is 8.45. The summed E-state index contributed by atoms with van der Waals surface area (Å²) < 4.78 is 0. The molecule has 0 saturated heterocycles. The second-order valence-corrected chi connectivity index (χ2v) is 3.39. The molecule has 0 radical (unpaired) electrons. The lowest BCUT2D eigenvalue weighted by atomic mass is 10.1. The minimum atomic E-state index is -0.347. The summed E-state index contributed by atoms with van der Waals surface area (Å²) in [6, 6.07) is 7.58. The van der Waals surface area contributed by atoms with Crippen molar-refractivity contribution in [2.24, 2.45) is 5.84 Å². The molecule has 5 heteroatoms. The van der Waals surface area contributed by atoms with Gasteiger partial charge in [-0.2, -0.15) is 5.26 Å². The predicted octanol–water partition coefficient (Wildman–Crippen LogP) is 0.837. The van der Waals surface area contributed by atoms with E-state index in [-0.39, 0.29) is 5.91 Å². The first-order valence-electron chi connectivity index (χ1n) is 4.74. The zero-order chi connectivity index (χ0) is 11.5. The SMILES string of the molecule is N#CCc1ccc2[nH]cc(C(=O)NN)c2c1.